The van der Waals surface area contributed by atoms with Crippen LogP contribution >= 0.6 is 11.3 Å². The molecule has 5 rings (SSSR count). The zero-order valence-corrected chi connectivity index (χ0v) is 16.5. The van der Waals surface area contributed by atoms with E-state index in [0.717, 1.165) is 35.5 Å². The van der Waals surface area contributed by atoms with Crippen molar-refractivity contribution >= 4 is 21.2 Å². The molecule has 1 fully saturated rings. The lowest BCUT2D eigenvalue weighted by molar-refractivity contribution is 0.327. The lowest BCUT2D eigenvalue weighted by Gasteiger charge is -2.17. The van der Waals surface area contributed by atoms with Gasteiger partial charge in [-0.05, 0) is 41.8 Å². The fraction of sp³-hybridized carbons (Fsp3) is 0.300. The smallest absolute Gasteiger partial charge is 0.183 e. The van der Waals surface area contributed by atoms with Gasteiger partial charge in [-0.1, -0.05) is 12.1 Å². The molecule has 3 aromatic rings. The molecule has 1 saturated heterocycles. The monoisotopic (exact) mass is 397 g/mol. The zero-order chi connectivity index (χ0) is 18.6. The van der Waals surface area contributed by atoms with Crippen molar-refractivity contribution < 1.29 is 8.42 Å². The minimum Gasteiger partial charge on any atom is -0.296 e. The fourth-order valence-electron chi connectivity index (χ4n) is 4.25. The Balaban J connectivity index is 1.50. The molecule has 0 spiro atoms. The van der Waals surface area contributed by atoms with Crippen molar-refractivity contribution in [2.75, 3.05) is 13.1 Å². The summed E-state index contributed by atoms with van der Waals surface area (Å²) in [5.41, 5.74) is 5.89. The average Bonchev–Trinajstić information content (AvgIpc) is 3.33. The van der Waals surface area contributed by atoms with E-state index in [4.69, 9.17) is 0 Å². The molecule has 27 heavy (non-hydrogen) atoms. The van der Waals surface area contributed by atoms with E-state index in [1.165, 1.54) is 4.88 Å². The van der Waals surface area contributed by atoms with Crippen molar-refractivity contribution in [2.24, 2.45) is 0 Å². The summed E-state index contributed by atoms with van der Waals surface area (Å²) in [5.74, 6) is 0.0369. The molecule has 0 unspecified atom stereocenters. The van der Waals surface area contributed by atoms with E-state index >= 15 is 0 Å². The van der Waals surface area contributed by atoms with Crippen LogP contribution in [0.5, 0.6) is 0 Å². The highest BCUT2D eigenvalue weighted by Crippen LogP contribution is 2.46. The van der Waals surface area contributed by atoms with Crippen LogP contribution in [0.25, 0.3) is 11.1 Å². The van der Waals surface area contributed by atoms with Crippen LogP contribution < -0.4 is 0 Å². The molecule has 4 heterocycles. The Hall–Kier alpha value is -2.09. The van der Waals surface area contributed by atoms with Crippen molar-refractivity contribution in [2.45, 2.75) is 29.5 Å². The second-order valence-electron chi connectivity index (χ2n) is 7.24. The molecule has 1 aromatic carbocycles. The first-order valence-electron chi connectivity index (χ1n) is 8.93. The first-order valence-corrected chi connectivity index (χ1v) is 11.4. The first kappa shape index (κ1) is 17.0. The predicted molar refractivity (Wildman–Crippen MR) is 106 cm³/mol. The third-order valence-corrected chi connectivity index (χ3v) is 8.84. The van der Waals surface area contributed by atoms with Crippen LogP contribution in [0, 0.1) is 6.92 Å². The van der Waals surface area contributed by atoms with Crippen LogP contribution in [0.2, 0.25) is 0 Å². The van der Waals surface area contributed by atoms with Gasteiger partial charge in [-0.15, -0.1) is 11.3 Å². The Bertz CT molecular complexity index is 1110. The molecule has 5 nitrogen and oxygen atoms in total. The van der Waals surface area contributed by atoms with Gasteiger partial charge in [-0.2, -0.15) is 0 Å². The number of thiazole rings is 1. The quantitative estimate of drug-likeness (QED) is 0.679. The Kier molecular flexibility index (Phi) is 3.93. The van der Waals surface area contributed by atoms with Gasteiger partial charge in [0.25, 0.3) is 0 Å². The summed E-state index contributed by atoms with van der Waals surface area (Å²) in [4.78, 5) is 12.5. The minimum atomic E-state index is -3.27. The van der Waals surface area contributed by atoms with E-state index < -0.39 is 9.84 Å². The van der Waals surface area contributed by atoms with Crippen molar-refractivity contribution in [1.29, 1.82) is 0 Å². The van der Waals surface area contributed by atoms with E-state index in [2.05, 4.69) is 20.9 Å². The van der Waals surface area contributed by atoms with E-state index in [9.17, 15) is 8.42 Å². The zero-order valence-electron chi connectivity index (χ0n) is 14.9. The number of fused-ring (bicyclic) bond motifs is 3. The van der Waals surface area contributed by atoms with Crippen molar-refractivity contribution in [1.82, 2.24) is 14.9 Å². The summed E-state index contributed by atoms with van der Waals surface area (Å²) >= 11 is 1.64. The van der Waals surface area contributed by atoms with Gasteiger partial charge in [0.2, 0.25) is 0 Å². The lowest BCUT2D eigenvalue weighted by atomic mass is 9.95. The Morgan fingerprint density at radius 3 is 2.85 bits per heavy atom. The maximum Gasteiger partial charge on any atom is 0.183 e. The molecule has 2 aromatic heterocycles. The summed E-state index contributed by atoms with van der Waals surface area (Å²) in [5, 5.41) is -0.343. The lowest BCUT2D eigenvalue weighted by Crippen LogP contribution is -2.25. The topological polar surface area (TPSA) is 63.2 Å². The molecule has 7 heteroatoms. The number of rotatable bonds is 3. The summed E-state index contributed by atoms with van der Waals surface area (Å²) < 4.78 is 26.2. The molecule has 0 bridgehead atoms. The highest BCUT2D eigenvalue weighted by molar-refractivity contribution is 7.92. The number of nitrogens with zero attached hydrogens (tertiary/aromatic N) is 3. The fourth-order valence-corrected chi connectivity index (χ4v) is 7.26. The molecule has 2 atom stereocenters. The van der Waals surface area contributed by atoms with Crippen LogP contribution in [0.3, 0.4) is 0 Å². The number of aryl methyl sites for hydroxylation is 1. The van der Waals surface area contributed by atoms with E-state index in [1.807, 2.05) is 36.8 Å². The average molecular weight is 398 g/mol. The maximum atomic E-state index is 13.1. The van der Waals surface area contributed by atoms with Crippen molar-refractivity contribution in [3.63, 3.8) is 0 Å². The maximum absolute atomic E-state index is 13.1. The number of aromatic nitrogens is 2. The minimum absolute atomic E-state index is 0.0369. The molecule has 0 radical (unpaired) electrons. The van der Waals surface area contributed by atoms with Gasteiger partial charge in [0.15, 0.2) is 9.84 Å². The Morgan fingerprint density at radius 1 is 1.22 bits per heavy atom. The number of sulfone groups is 1. The van der Waals surface area contributed by atoms with Gasteiger partial charge in [-0.3, -0.25) is 9.88 Å². The highest BCUT2D eigenvalue weighted by atomic mass is 32.2. The van der Waals surface area contributed by atoms with Gasteiger partial charge in [0, 0.05) is 42.8 Å². The molecule has 0 N–H and O–H groups in total. The van der Waals surface area contributed by atoms with E-state index in [1.54, 1.807) is 23.6 Å². The molecule has 2 aliphatic rings. The molecular weight excluding hydrogens is 378 g/mol. The van der Waals surface area contributed by atoms with Crippen LogP contribution in [0.4, 0.5) is 0 Å². The third-order valence-electron chi connectivity index (χ3n) is 5.66. The first-order chi connectivity index (χ1) is 13.0. The highest BCUT2D eigenvalue weighted by Gasteiger charge is 2.50. The molecular formula is C20H19N3O2S2. The standard InChI is InChI=1S/C20H19N3O2S2/c1-13-18(26-12-22-13)10-23-9-17-16-7-14(15-3-2-6-21-8-15)4-5-19(16)27(24,25)20(17)11-23/h2-8,12,17,20H,9-11H2,1H3/t17-,20-/m1/s1. The van der Waals surface area contributed by atoms with Crippen molar-refractivity contribution in [3.05, 3.63) is 64.4 Å². The second-order valence-corrected chi connectivity index (χ2v) is 10.3. The van der Waals surface area contributed by atoms with Gasteiger partial charge < -0.3 is 0 Å². The van der Waals surface area contributed by atoms with Crippen molar-refractivity contribution in [3.8, 4) is 11.1 Å². The summed E-state index contributed by atoms with van der Waals surface area (Å²) in [7, 11) is -3.27. The molecule has 0 amide bonds. The predicted octanol–water partition coefficient (Wildman–Crippen LogP) is 3.27. The molecule has 0 aliphatic carbocycles. The Morgan fingerprint density at radius 2 is 2.11 bits per heavy atom. The van der Waals surface area contributed by atoms with Gasteiger partial charge >= 0.3 is 0 Å². The summed E-state index contributed by atoms with van der Waals surface area (Å²) in [6.07, 6.45) is 3.56. The van der Waals surface area contributed by atoms with E-state index in [-0.39, 0.29) is 11.2 Å². The largest absolute Gasteiger partial charge is 0.296 e. The van der Waals surface area contributed by atoms with Crippen LogP contribution in [-0.4, -0.2) is 41.6 Å². The normalized spacial score (nSPS) is 23.3. The molecule has 138 valence electrons. The van der Waals surface area contributed by atoms with Gasteiger partial charge in [0.05, 0.1) is 21.3 Å². The summed E-state index contributed by atoms with van der Waals surface area (Å²) in [6.45, 7) is 4.14. The van der Waals surface area contributed by atoms with Crippen LogP contribution in [0.1, 0.15) is 22.1 Å². The number of benzene rings is 1. The third kappa shape index (κ3) is 2.72. The van der Waals surface area contributed by atoms with Crippen LogP contribution in [-0.2, 0) is 16.4 Å². The molecule has 0 saturated carbocycles. The van der Waals surface area contributed by atoms with Gasteiger partial charge in [0.1, 0.15) is 0 Å². The second kappa shape index (κ2) is 6.22. The number of hydrogen-bond acceptors (Lipinski definition) is 6. The SMILES string of the molecule is Cc1ncsc1CN1C[C@@H]2c3cc(-c4cccnc4)ccc3S(=O)(=O)[C@@H]2C1. The van der Waals surface area contributed by atoms with E-state index in [0.29, 0.717) is 11.4 Å². The summed E-state index contributed by atoms with van der Waals surface area (Å²) in [6, 6.07) is 9.63. The number of hydrogen-bond donors (Lipinski definition) is 0. The Labute approximate surface area is 162 Å². The number of likely N-dealkylation sites (tertiary alicyclic amines) is 1. The molecule has 2 aliphatic heterocycles. The van der Waals surface area contributed by atoms with Gasteiger partial charge in [-0.25, -0.2) is 13.4 Å². The number of pyridine rings is 1. The van der Waals surface area contributed by atoms with Crippen LogP contribution in [0.15, 0.2) is 53.1 Å².